The van der Waals surface area contributed by atoms with E-state index in [0.717, 1.165) is 34.3 Å². The minimum atomic E-state index is -4.43. The van der Waals surface area contributed by atoms with Crippen LogP contribution >= 0.6 is 0 Å². The Morgan fingerprint density at radius 1 is 0.871 bits per heavy atom. The van der Waals surface area contributed by atoms with E-state index in [1.54, 1.807) is 6.08 Å². The van der Waals surface area contributed by atoms with E-state index in [1.807, 2.05) is 48.5 Å². The molecule has 7 heteroatoms. The van der Waals surface area contributed by atoms with Crippen molar-refractivity contribution < 1.29 is 18.0 Å². The highest BCUT2D eigenvalue weighted by atomic mass is 19.4. The lowest BCUT2D eigenvalue weighted by molar-refractivity contribution is -0.137. The van der Waals surface area contributed by atoms with Crippen molar-refractivity contribution in [2.45, 2.75) is 6.18 Å². The number of para-hydroxylation sites is 1. The molecule has 4 aromatic rings. The quantitative estimate of drug-likeness (QED) is 0.305. The summed E-state index contributed by atoms with van der Waals surface area (Å²) in [5.41, 5.74) is 1.83. The van der Waals surface area contributed by atoms with E-state index in [4.69, 9.17) is 0 Å². The van der Waals surface area contributed by atoms with Crippen LogP contribution in [0.3, 0.4) is 0 Å². The normalized spacial score (nSPS) is 11.7. The number of hydrogen-bond acceptors (Lipinski definition) is 4. The van der Waals surface area contributed by atoms with Crippen molar-refractivity contribution in [3.8, 4) is 0 Å². The zero-order valence-electron chi connectivity index (χ0n) is 16.1. The third kappa shape index (κ3) is 4.78. The van der Waals surface area contributed by atoms with Gasteiger partial charge >= 0.3 is 6.18 Å². The van der Waals surface area contributed by atoms with Crippen molar-refractivity contribution in [2.24, 2.45) is 0 Å². The maximum atomic E-state index is 12.6. The number of nitrogens with one attached hydrogen (secondary N) is 1. The lowest BCUT2D eigenvalue weighted by Crippen LogP contribution is -2.05. The smallest absolute Gasteiger partial charge is 0.340 e. The van der Waals surface area contributed by atoms with E-state index in [1.165, 1.54) is 24.5 Å². The van der Waals surface area contributed by atoms with E-state index >= 15 is 0 Å². The Kier molecular flexibility index (Phi) is 5.49. The molecular weight excluding hydrogens is 403 g/mol. The Bertz CT molecular complexity index is 1240. The number of nitrogens with zero attached hydrogens (tertiary/aromatic N) is 2. The Hall–Kier alpha value is -4.00. The average molecular weight is 419 g/mol. The highest BCUT2D eigenvalue weighted by Crippen LogP contribution is 2.29. The molecule has 0 atom stereocenters. The second kappa shape index (κ2) is 8.39. The molecule has 0 radical (unpaired) electrons. The van der Waals surface area contributed by atoms with Crippen LogP contribution in [0.1, 0.15) is 21.5 Å². The standard InChI is InChI=1S/C24H16F3N3O/c25-24(26,27)18-10-8-17(9-11-18)22(31)14-7-16-5-12-19(13-6-16)30-23-20-3-1-2-4-21(20)28-15-29-23/h1-15H,(H,28,29,30)/b14-7+. The highest BCUT2D eigenvalue weighted by molar-refractivity contribution is 6.06. The number of ketones is 1. The number of hydrogen-bond donors (Lipinski definition) is 1. The van der Waals surface area contributed by atoms with E-state index in [2.05, 4.69) is 15.3 Å². The second-order valence-corrected chi connectivity index (χ2v) is 6.76. The lowest BCUT2D eigenvalue weighted by atomic mass is 10.1. The van der Waals surface area contributed by atoms with E-state index in [0.29, 0.717) is 5.82 Å². The van der Waals surface area contributed by atoms with E-state index in [-0.39, 0.29) is 11.3 Å². The maximum Gasteiger partial charge on any atom is 0.416 e. The molecule has 0 unspecified atom stereocenters. The first kappa shape index (κ1) is 20.3. The monoisotopic (exact) mass is 419 g/mol. The Morgan fingerprint density at radius 2 is 1.58 bits per heavy atom. The van der Waals surface area contributed by atoms with Crippen LogP contribution in [-0.4, -0.2) is 15.8 Å². The number of carbonyl (C=O) groups is 1. The average Bonchev–Trinajstić information content (AvgIpc) is 2.78. The van der Waals surface area contributed by atoms with Gasteiger partial charge in [0.25, 0.3) is 0 Å². The van der Waals surface area contributed by atoms with Crippen LogP contribution in [0.5, 0.6) is 0 Å². The number of aromatic nitrogens is 2. The number of halogens is 3. The topological polar surface area (TPSA) is 54.9 Å². The molecular formula is C24H16F3N3O. The number of carbonyl (C=O) groups excluding carboxylic acids is 1. The van der Waals surface area contributed by atoms with Gasteiger partial charge in [0.2, 0.25) is 0 Å². The van der Waals surface area contributed by atoms with Crippen molar-refractivity contribution in [3.63, 3.8) is 0 Å². The molecule has 4 nitrogen and oxygen atoms in total. The molecule has 1 N–H and O–H groups in total. The van der Waals surface area contributed by atoms with Crippen molar-refractivity contribution >= 4 is 34.3 Å². The van der Waals surface area contributed by atoms with Gasteiger partial charge in [0.15, 0.2) is 5.78 Å². The van der Waals surface area contributed by atoms with Gasteiger partial charge in [-0.25, -0.2) is 9.97 Å². The lowest BCUT2D eigenvalue weighted by Gasteiger charge is -2.08. The van der Waals surface area contributed by atoms with Crippen LogP contribution < -0.4 is 5.32 Å². The molecule has 0 bridgehead atoms. The molecule has 3 aromatic carbocycles. The summed E-state index contributed by atoms with van der Waals surface area (Å²) in [6, 6.07) is 19.2. The number of anilines is 2. The fourth-order valence-electron chi connectivity index (χ4n) is 3.01. The SMILES string of the molecule is O=C(/C=C/c1ccc(Nc2ncnc3ccccc23)cc1)c1ccc(C(F)(F)F)cc1. The molecule has 0 amide bonds. The number of benzene rings is 3. The predicted molar refractivity (Wildman–Crippen MR) is 114 cm³/mol. The molecule has 0 fully saturated rings. The van der Waals surface area contributed by atoms with Crippen LogP contribution in [0.25, 0.3) is 17.0 Å². The maximum absolute atomic E-state index is 12.6. The fourth-order valence-corrected chi connectivity index (χ4v) is 3.01. The van der Waals surface area contributed by atoms with Gasteiger partial charge in [-0.1, -0.05) is 42.5 Å². The third-order valence-corrected chi connectivity index (χ3v) is 4.64. The second-order valence-electron chi connectivity index (χ2n) is 6.76. The van der Waals surface area contributed by atoms with Crippen LogP contribution in [0.15, 0.2) is 85.2 Å². The fraction of sp³-hybridized carbons (Fsp3) is 0.0417. The molecule has 0 aliphatic carbocycles. The zero-order valence-corrected chi connectivity index (χ0v) is 16.1. The molecule has 4 rings (SSSR count). The highest BCUT2D eigenvalue weighted by Gasteiger charge is 2.30. The molecule has 0 saturated carbocycles. The minimum Gasteiger partial charge on any atom is -0.340 e. The van der Waals surface area contributed by atoms with E-state index in [9.17, 15) is 18.0 Å². The van der Waals surface area contributed by atoms with Gasteiger partial charge in [-0.15, -0.1) is 0 Å². The first-order valence-electron chi connectivity index (χ1n) is 9.37. The summed E-state index contributed by atoms with van der Waals surface area (Å²) in [5.74, 6) is 0.315. The zero-order chi connectivity index (χ0) is 21.8. The Morgan fingerprint density at radius 3 is 2.29 bits per heavy atom. The number of rotatable bonds is 5. The van der Waals surface area contributed by atoms with Crippen LogP contribution in [0.4, 0.5) is 24.7 Å². The van der Waals surface area contributed by atoms with Crippen molar-refractivity contribution in [1.82, 2.24) is 9.97 Å². The summed E-state index contributed by atoms with van der Waals surface area (Å²) in [5, 5.41) is 4.15. The van der Waals surface area contributed by atoms with Gasteiger partial charge in [-0.3, -0.25) is 4.79 Å². The summed E-state index contributed by atoms with van der Waals surface area (Å²) >= 11 is 0. The summed E-state index contributed by atoms with van der Waals surface area (Å²) in [4.78, 5) is 20.7. The molecule has 0 aliphatic rings. The summed E-state index contributed by atoms with van der Waals surface area (Å²) < 4.78 is 37.9. The van der Waals surface area contributed by atoms with Crippen LogP contribution in [0.2, 0.25) is 0 Å². The summed E-state index contributed by atoms with van der Waals surface area (Å²) in [7, 11) is 0. The van der Waals surface area contributed by atoms with Crippen LogP contribution in [-0.2, 0) is 6.18 Å². The summed E-state index contributed by atoms with van der Waals surface area (Å²) in [6.45, 7) is 0. The van der Waals surface area contributed by atoms with Crippen molar-refractivity contribution in [2.75, 3.05) is 5.32 Å². The first-order valence-corrected chi connectivity index (χ1v) is 9.37. The Balaban J connectivity index is 1.44. The first-order chi connectivity index (χ1) is 14.9. The van der Waals surface area contributed by atoms with Gasteiger partial charge in [-0.2, -0.15) is 13.2 Å². The van der Waals surface area contributed by atoms with Gasteiger partial charge < -0.3 is 5.32 Å². The summed E-state index contributed by atoms with van der Waals surface area (Å²) in [6.07, 6.45) is 0.0206. The molecule has 0 aliphatic heterocycles. The molecule has 1 aromatic heterocycles. The molecule has 31 heavy (non-hydrogen) atoms. The molecule has 1 heterocycles. The molecule has 0 spiro atoms. The Labute approximate surface area is 176 Å². The number of fused-ring (bicyclic) bond motifs is 1. The van der Waals surface area contributed by atoms with Gasteiger partial charge in [0.1, 0.15) is 12.1 Å². The van der Waals surface area contributed by atoms with E-state index < -0.39 is 11.7 Å². The molecule has 154 valence electrons. The van der Waals surface area contributed by atoms with Crippen LogP contribution in [0, 0.1) is 0 Å². The van der Waals surface area contributed by atoms with Crippen molar-refractivity contribution in [1.29, 1.82) is 0 Å². The van der Waals surface area contributed by atoms with Crippen molar-refractivity contribution in [3.05, 3.63) is 102 Å². The third-order valence-electron chi connectivity index (χ3n) is 4.64. The predicted octanol–water partition coefficient (Wildman–Crippen LogP) is 6.29. The molecule has 0 saturated heterocycles. The van der Waals surface area contributed by atoms with Gasteiger partial charge in [0, 0.05) is 16.6 Å². The minimum absolute atomic E-state index is 0.193. The number of allylic oxidation sites excluding steroid dienone is 1. The van der Waals surface area contributed by atoms with Gasteiger partial charge in [-0.05, 0) is 48.0 Å². The van der Waals surface area contributed by atoms with Gasteiger partial charge in [0.05, 0.1) is 11.1 Å². The number of alkyl halides is 3. The largest absolute Gasteiger partial charge is 0.416 e.